The Hall–Kier alpha value is -1.36. The lowest BCUT2D eigenvalue weighted by atomic mass is 10.2. The Balaban J connectivity index is 2.30. The highest BCUT2D eigenvalue weighted by Gasteiger charge is 2.14. The lowest BCUT2D eigenvalue weighted by Gasteiger charge is -2.07. The van der Waals surface area contributed by atoms with Crippen LogP contribution in [0.1, 0.15) is 37.0 Å². The SMILES string of the molecule is Cc1cc(Cn2c(Cl)nnc2C(C)C)no1. The van der Waals surface area contributed by atoms with Crippen LogP contribution in [-0.4, -0.2) is 19.9 Å². The van der Waals surface area contributed by atoms with Crippen LogP contribution < -0.4 is 0 Å². The number of hydrogen-bond acceptors (Lipinski definition) is 4. The van der Waals surface area contributed by atoms with Crippen LogP contribution in [0.4, 0.5) is 0 Å². The second-order valence-corrected chi connectivity index (χ2v) is 4.34. The second-order valence-electron chi connectivity index (χ2n) is 4.00. The van der Waals surface area contributed by atoms with Crippen molar-refractivity contribution in [3.63, 3.8) is 0 Å². The van der Waals surface area contributed by atoms with Crippen molar-refractivity contribution in [2.24, 2.45) is 0 Å². The predicted octanol–water partition coefficient (Wildman–Crippen LogP) is 2.40. The summed E-state index contributed by atoms with van der Waals surface area (Å²) in [6.07, 6.45) is 0. The van der Waals surface area contributed by atoms with Gasteiger partial charge < -0.3 is 4.52 Å². The highest BCUT2D eigenvalue weighted by molar-refractivity contribution is 6.28. The van der Waals surface area contributed by atoms with Crippen LogP contribution >= 0.6 is 11.6 Å². The van der Waals surface area contributed by atoms with Crippen LogP contribution in [0, 0.1) is 6.92 Å². The molecule has 2 rings (SSSR count). The summed E-state index contributed by atoms with van der Waals surface area (Å²) in [6, 6.07) is 1.88. The van der Waals surface area contributed by atoms with E-state index in [1.165, 1.54) is 0 Å². The van der Waals surface area contributed by atoms with Crippen molar-refractivity contribution in [3.05, 3.63) is 28.6 Å². The zero-order valence-electron chi connectivity index (χ0n) is 9.44. The second kappa shape index (κ2) is 4.25. The van der Waals surface area contributed by atoms with Crippen molar-refractivity contribution < 1.29 is 4.52 Å². The predicted molar refractivity (Wildman–Crippen MR) is 59.5 cm³/mol. The van der Waals surface area contributed by atoms with Crippen LogP contribution in [0.3, 0.4) is 0 Å². The number of rotatable bonds is 3. The van der Waals surface area contributed by atoms with E-state index in [0.717, 1.165) is 17.3 Å². The zero-order valence-corrected chi connectivity index (χ0v) is 10.2. The smallest absolute Gasteiger partial charge is 0.225 e. The third kappa shape index (κ3) is 2.09. The molecule has 86 valence electrons. The van der Waals surface area contributed by atoms with Crippen molar-refractivity contribution >= 4 is 11.6 Å². The summed E-state index contributed by atoms with van der Waals surface area (Å²) in [4.78, 5) is 0. The first-order chi connectivity index (χ1) is 7.58. The number of aromatic nitrogens is 4. The summed E-state index contributed by atoms with van der Waals surface area (Å²) in [5.41, 5.74) is 0.820. The van der Waals surface area contributed by atoms with Gasteiger partial charge in [-0.2, -0.15) is 0 Å². The fourth-order valence-corrected chi connectivity index (χ4v) is 1.71. The fourth-order valence-electron chi connectivity index (χ4n) is 1.52. The molecule has 0 aromatic carbocycles. The molecule has 2 heterocycles. The molecule has 5 nitrogen and oxygen atoms in total. The summed E-state index contributed by atoms with van der Waals surface area (Å²) in [5.74, 6) is 1.91. The molecule has 0 aliphatic rings. The van der Waals surface area contributed by atoms with Crippen LogP contribution in [0.2, 0.25) is 5.28 Å². The molecule has 0 fully saturated rings. The van der Waals surface area contributed by atoms with E-state index >= 15 is 0 Å². The molecule has 0 atom stereocenters. The molecule has 16 heavy (non-hydrogen) atoms. The Morgan fingerprint density at radius 2 is 2.19 bits per heavy atom. The van der Waals surface area contributed by atoms with Gasteiger partial charge in [0.2, 0.25) is 5.28 Å². The molecule has 0 radical (unpaired) electrons. The van der Waals surface area contributed by atoms with Crippen LogP contribution in [0.15, 0.2) is 10.6 Å². The van der Waals surface area contributed by atoms with E-state index in [1.807, 2.05) is 31.4 Å². The van der Waals surface area contributed by atoms with Crippen molar-refractivity contribution in [2.45, 2.75) is 33.2 Å². The molecule has 0 amide bonds. The Labute approximate surface area is 98.4 Å². The van der Waals surface area contributed by atoms with Crippen LogP contribution in [-0.2, 0) is 6.54 Å². The highest BCUT2D eigenvalue weighted by atomic mass is 35.5. The monoisotopic (exact) mass is 240 g/mol. The van der Waals surface area contributed by atoms with E-state index in [4.69, 9.17) is 16.1 Å². The van der Waals surface area contributed by atoms with Gasteiger partial charge in [-0.15, -0.1) is 10.2 Å². The quantitative estimate of drug-likeness (QED) is 0.827. The minimum Gasteiger partial charge on any atom is -0.361 e. The van der Waals surface area contributed by atoms with Gasteiger partial charge in [0.25, 0.3) is 0 Å². The first-order valence-electron chi connectivity index (χ1n) is 5.08. The minimum atomic E-state index is 0.271. The van der Waals surface area contributed by atoms with Crippen molar-refractivity contribution in [1.82, 2.24) is 19.9 Å². The first kappa shape index (κ1) is 11.1. The molecule has 0 saturated heterocycles. The largest absolute Gasteiger partial charge is 0.361 e. The van der Waals surface area contributed by atoms with Gasteiger partial charge in [-0.3, -0.25) is 4.57 Å². The number of hydrogen-bond donors (Lipinski definition) is 0. The van der Waals surface area contributed by atoms with E-state index in [9.17, 15) is 0 Å². The molecule has 2 aromatic heterocycles. The molecule has 2 aromatic rings. The Bertz CT molecular complexity index is 489. The van der Waals surface area contributed by atoms with Crippen molar-refractivity contribution in [3.8, 4) is 0 Å². The van der Waals surface area contributed by atoms with E-state index in [1.54, 1.807) is 0 Å². The van der Waals surface area contributed by atoms with Gasteiger partial charge in [0, 0.05) is 12.0 Å². The van der Waals surface area contributed by atoms with E-state index < -0.39 is 0 Å². The molecule has 0 saturated carbocycles. The summed E-state index contributed by atoms with van der Waals surface area (Å²) >= 11 is 5.98. The summed E-state index contributed by atoms with van der Waals surface area (Å²) in [5, 5.41) is 12.2. The third-order valence-electron chi connectivity index (χ3n) is 2.25. The van der Waals surface area contributed by atoms with E-state index in [2.05, 4.69) is 15.4 Å². The average molecular weight is 241 g/mol. The van der Waals surface area contributed by atoms with Gasteiger partial charge >= 0.3 is 0 Å². The molecule has 6 heteroatoms. The number of halogens is 1. The Kier molecular flexibility index (Phi) is 2.96. The maximum Gasteiger partial charge on any atom is 0.225 e. The summed E-state index contributed by atoms with van der Waals surface area (Å²) < 4.78 is 6.84. The molecular formula is C10H13ClN4O. The van der Waals surface area contributed by atoms with Gasteiger partial charge in [-0.05, 0) is 18.5 Å². The lowest BCUT2D eigenvalue weighted by molar-refractivity contribution is 0.388. The topological polar surface area (TPSA) is 56.7 Å². The van der Waals surface area contributed by atoms with Gasteiger partial charge in [0.1, 0.15) is 17.3 Å². The first-order valence-corrected chi connectivity index (χ1v) is 5.46. The molecule has 0 bridgehead atoms. The fraction of sp³-hybridized carbons (Fsp3) is 0.500. The normalized spacial score (nSPS) is 11.3. The van der Waals surface area contributed by atoms with Crippen molar-refractivity contribution in [1.29, 1.82) is 0 Å². The van der Waals surface area contributed by atoms with E-state index in [-0.39, 0.29) is 5.92 Å². The highest BCUT2D eigenvalue weighted by Crippen LogP contribution is 2.18. The van der Waals surface area contributed by atoms with Gasteiger partial charge in [-0.1, -0.05) is 19.0 Å². The van der Waals surface area contributed by atoms with Crippen LogP contribution in [0.5, 0.6) is 0 Å². The Morgan fingerprint density at radius 1 is 1.44 bits per heavy atom. The maximum atomic E-state index is 5.98. The molecule has 0 spiro atoms. The molecule has 0 N–H and O–H groups in total. The summed E-state index contributed by atoms with van der Waals surface area (Å²) in [6.45, 7) is 6.49. The molecular weight excluding hydrogens is 228 g/mol. The van der Waals surface area contributed by atoms with Crippen molar-refractivity contribution in [2.75, 3.05) is 0 Å². The minimum absolute atomic E-state index is 0.271. The van der Waals surface area contributed by atoms with Gasteiger partial charge in [0.05, 0.1) is 6.54 Å². The maximum absolute atomic E-state index is 5.98. The van der Waals surface area contributed by atoms with Gasteiger partial charge in [0.15, 0.2) is 0 Å². The molecule has 0 aliphatic carbocycles. The lowest BCUT2D eigenvalue weighted by Crippen LogP contribution is -2.07. The summed E-state index contributed by atoms with van der Waals surface area (Å²) in [7, 11) is 0. The van der Waals surface area contributed by atoms with Crippen LogP contribution in [0.25, 0.3) is 0 Å². The average Bonchev–Trinajstić information content (AvgIpc) is 2.76. The van der Waals surface area contributed by atoms with E-state index in [0.29, 0.717) is 11.8 Å². The number of aryl methyl sites for hydroxylation is 1. The van der Waals surface area contributed by atoms with Gasteiger partial charge in [-0.25, -0.2) is 0 Å². The Morgan fingerprint density at radius 3 is 2.75 bits per heavy atom. The number of nitrogens with zero attached hydrogens (tertiary/aromatic N) is 4. The molecule has 0 unspecified atom stereocenters. The standard InChI is InChI=1S/C10H13ClN4O/c1-6(2)9-12-13-10(11)15(9)5-8-4-7(3)16-14-8/h4,6H,5H2,1-3H3. The molecule has 0 aliphatic heterocycles. The third-order valence-corrected chi connectivity index (χ3v) is 2.53. The zero-order chi connectivity index (χ0) is 11.7.